The van der Waals surface area contributed by atoms with E-state index in [4.69, 9.17) is 4.74 Å². The number of rotatable bonds is 1. The fraction of sp³-hybridized carbons (Fsp3) is 0.550. The van der Waals surface area contributed by atoms with E-state index in [1.54, 1.807) is 7.11 Å². The van der Waals surface area contributed by atoms with Crippen LogP contribution in [0.5, 0.6) is 5.75 Å². The number of methoxy groups -OCH3 is 1. The lowest BCUT2D eigenvalue weighted by Crippen LogP contribution is -2.41. The fourth-order valence-corrected chi connectivity index (χ4v) is 5.34. The molecule has 2 saturated carbocycles. The Morgan fingerprint density at radius 1 is 1.27 bits per heavy atom. The molecule has 0 spiro atoms. The maximum Gasteiger partial charge on any atom is 0.139 e. The number of carbonyl (C=O) groups is 1. The number of Topliss-reactive ketones (excluding diaryl/α,β-unsaturated/α-hetero) is 1. The number of ketones is 1. The SMILES string of the molecule is COc1cc(C)c2c(c1)C=C[C@H]1[C@H]3CCC(=O)[C@@]3(C)CC[C@@H]21. The third-order valence-corrected chi connectivity index (χ3v) is 6.54. The van der Waals surface area contributed by atoms with Crippen LogP contribution < -0.4 is 4.74 Å². The number of benzene rings is 1. The van der Waals surface area contributed by atoms with Gasteiger partial charge in [-0.3, -0.25) is 4.79 Å². The summed E-state index contributed by atoms with van der Waals surface area (Å²) < 4.78 is 5.42. The smallest absolute Gasteiger partial charge is 0.139 e. The summed E-state index contributed by atoms with van der Waals surface area (Å²) in [7, 11) is 1.73. The van der Waals surface area contributed by atoms with Crippen LogP contribution in [0.25, 0.3) is 6.08 Å². The van der Waals surface area contributed by atoms with Gasteiger partial charge in [0.25, 0.3) is 0 Å². The number of hydrogen-bond donors (Lipinski definition) is 0. The lowest BCUT2D eigenvalue weighted by molar-refractivity contribution is -0.128. The molecule has 2 heteroatoms. The highest BCUT2D eigenvalue weighted by atomic mass is 16.5. The maximum absolute atomic E-state index is 12.4. The van der Waals surface area contributed by atoms with E-state index in [1.807, 2.05) is 0 Å². The monoisotopic (exact) mass is 296 g/mol. The lowest BCUT2D eigenvalue weighted by Gasteiger charge is -2.46. The molecule has 0 aromatic heterocycles. The molecule has 0 heterocycles. The van der Waals surface area contributed by atoms with Crippen LogP contribution in [0.15, 0.2) is 18.2 Å². The molecule has 2 fully saturated rings. The molecular weight excluding hydrogens is 272 g/mol. The Labute approximate surface area is 132 Å². The van der Waals surface area contributed by atoms with Crippen LogP contribution in [-0.2, 0) is 4.79 Å². The fourth-order valence-electron chi connectivity index (χ4n) is 5.34. The molecule has 3 aliphatic rings. The molecule has 1 aromatic rings. The van der Waals surface area contributed by atoms with E-state index in [0.717, 1.165) is 31.4 Å². The molecule has 116 valence electrons. The molecule has 0 saturated heterocycles. The number of aryl methyl sites for hydroxylation is 1. The van der Waals surface area contributed by atoms with Gasteiger partial charge in [-0.05, 0) is 72.8 Å². The quantitative estimate of drug-likeness (QED) is 0.762. The predicted molar refractivity (Wildman–Crippen MR) is 88.1 cm³/mol. The highest BCUT2D eigenvalue weighted by Gasteiger charge is 2.53. The Balaban J connectivity index is 1.78. The predicted octanol–water partition coefficient (Wildman–Crippen LogP) is 4.51. The zero-order valence-electron chi connectivity index (χ0n) is 13.7. The van der Waals surface area contributed by atoms with Crippen LogP contribution >= 0.6 is 0 Å². The minimum absolute atomic E-state index is 0.0661. The van der Waals surface area contributed by atoms with Gasteiger partial charge in [0, 0.05) is 11.8 Å². The zero-order valence-corrected chi connectivity index (χ0v) is 13.7. The van der Waals surface area contributed by atoms with Crippen molar-refractivity contribution in [2.45, 2.75) is 45.4 Å². The molecular formula is C20H24O2. The topological polar surface area (TPSA) is 26.3 Å². The third kappa shape index (κ3) is 1.76. The first-order valence-corrected chi connectivity index (χ1v) is 8.44. The number of hydrogen-bond acceptors (Lipinski definition) is 2. The van der Waals surface area contributed by atoms with Crippen molar-refractivity contribution in [3.63, 3.8) is 0 Å². The molecule has 1 aromatic carbocycles. The van der Waals surface area contributed by atoms with Gasteiger partial charge in [-0.2, -0.15) is 0 Å². The first-order valence-electron chi connectivity index (χ1n) is 8.44. The molecule has 4 atom stereocenters. The van der Waals surface area contributed by atoms with E-state index >= 15 is 0 Å². The Hall–Kier alpha value is -1.57. The maximum atomic E-state index is 12.4. The number of carbonyl (C=O) groups excluding carboxylic acids is 1. The van der Waals surface area contributed by atoms with Crippen molar-refractivity contribution in [1.82, 2.24) is 0 Å². The van der Waals surface area contributed by atoms with Crippen molar-refractivity contribution in [1.29, 1.82) is 0 Å². The summed E-state index contributed by atoms with van der Waals surface area (Å²) in [5.41, 5.74) is 4.07. The normalized spacial score (nSPS) is 35.8. The van der Waals surface area contributed by atoms with E-state index in [9.17, 15) is 4.79 Å². The molecule has 22 heavy (non-hydrogen) atoms. The molecule has 0 bridgehead atoms. The molecule has 0 unspecified atom stereocenters. The van der Waals surface area contributed by atoms with Crippen molar-refractivity contribution in [3.8, 4) is 5.75 Å². The van der Waals surface area contributed by atoms with Crippen LogP contribution in [0.4, 0.5) is 0 Å². The number of ether oxygens (including phenoxy) is 1. The van der Waals surface area contributed by atoms with Crippen molar-refractivity contribution in [2.24, 2.45) is 17.3 Å². The highest BCUT2D eigenvalue weighted by Crippen LogP contribution is 2.59. The van der Waals surface area contributed by atoms with Gasteiger partial charge in [0.2, 0.25) is 0 Å². The Bertz CT molecular complexity index is 673. The Morgan fingerprint density at radius 2 is 2.09 bits per heavy atom. The van der Waals surface area contributed by atoms with Crippen molar-refractivity contribution < 1.29 is 9.53 Å². The standard InChI is InChI=1S/C20H24O2/c1-12-10-14(22-3)11-13-4-5-15-16(19(12)13)8-9-20(2)17(15)6-7-18(20)21/h4-5,10-11,15-17H,6-9H2,1-3H3/t15-,16-,17-,20+/m1/s1. The van der Waals surface area contributed by atoms with Gasteiger partial charge < -0.3 is 4.74 Å². The molecule has 0 amide bonds. The molecule has 0 aliphatic heterocycles. The second-order valence-electron chi connectivity index (χ2n) is 7.51. The van der Waals surface area contributed by atoms with Crippen LogP contribution in [0.3, 0.4) is 0 Å². The molecule has 0 radical (unpaired) electrons. The van der Waals surface area contributed by atoms with Crippen molar-refractivity contribution >= 4 is 11.9 Å². The van der Waals surface area contributed by atoms with Crippen molar-refractivity contribution in [3.05, 3.63) is 34.9 Å². The van der Waals surface area contributed by atoms with Gasteiger partial charge in [0.05, 0.1) is 7.11 Å². The minimum Gasteiger partial charge on any atom is -0.497 e. The Kier molecular flexibility index (Phi) is 3.01. The van der Waals surface area contributed by atoms with Crippen LogP contribution in [0.1, 0.15) is 55.2 Å². The van der Waals surface area contributed by atoms with Gasteiger partial charge in [-0.15, -0.1) is 0 Å². The van der Waals surface area contributed by atoms with Gasteiger partial charge in [0.1, 0.15) is 11.5 Å². The summed E-state index contributed by atoms with van der Waals surface area (Å²) in [4.78, 5) is 12.4. The molecule has 0 N–H and O–H groups in total. The molecule has 4 rings (SSSR count). The third-order valence-electron chi connectivity index (χ3n) is 6.54. The summed E-state index contributed by atoms with van der Waals surface area (Å²) in [6.45, 7) is 4.42. The average Bonchev–Trinajstić information content (AvgIpc) is 2.82. The minimum atomic E-state index is -0.0661. The zero-order chi connectivity index (χ0) is 15.5. The average molecular weight is 296 g/mol. The summed E-state index contributed by atoms with van der Waals surface area (Å²) in [5.74, 6) is 3.09. The molecule has 3 aliphatic carbocycles. The van der Waals surface area contributed by atoms with E-state index in [0.29, 0.717) is 23.5 Å². The van der Waals surface area contributed by atoms with Gasteiger partial charge in [0.15, 0.2) is 0 Å². The van der Waals surface area contributed by atoms with Gasteiger partial charge in [-0.25, -0.2) is 0 Å². The van der Waals surface area contributed by atoms with Crippen LogP contribution in [-0.4, -0.2) is 12.9 Å². The molecule has 2 nitrogen and oxygen atoms in total. The summed E-state index contributed by atoms with van der Waals surface area (Å²) in [5, 5.41) is 0. The first-order chi connectivity index (χ1) is 10.5. The van der Waals surface area contributed by atoms with Crippen molar-refractivity contribution in [2.75, 3.05) is 7.11 Å². The summed E-state index contributed by atoms with van der Waals surface area (Å²) >= 11 is 0. The first kappa shape index (κ1) is 14.0. The van der Waals surface area contributed by atoms with E-state index < -0.39 is 0 Å². The summed E-state index contributed by atoms with van der Waals surface area (Å²) in [6.07, 6.45) is 8.69. The largest absolute Gasteiger partial charge is 0.497 e. The van der Waals surface area contributed by atoms with E-state index in [1.165, 1.54) is 16.7 Å². The number of fused-ring (bicyclic) bond motifs is 5. The highest BCUT2D eigenvalue weighted by molar-refractivity contribution is 5.87. The second kappa shape index (κ2) is 4.71. The lowest BCUT2D eigenvalue weighted by atomic mass is 9.57. The van der Waals surface area contributed by atoms with E-state index in [2.05, 4.69) is 38.1 Å². The van der Waals surface area contributed by atoms with E-state index in [-0.39, 0.29) is 5.41 Å². The second-order valence-corrected chi connectivity index (χ2v) is 7.51. The summed E-state index contributed by atoms with van der Waals surface area (Å²) in [6, 6.07) is 4.31. The Morgan fingerprint density at radius 3 is 2.86 bits per heavy atom. The van der Waals surface area contributed by atoms with Gasteiger partial charge >= 0.3 is 0 Å². The van der Waals surface area contributed by atoms with Crippen LogP contribution in [0.2, 0.25) is 0 Å². The van der Waals surface area contributed by atoms with Gasteiger partial charge in [-0.1, -0.05) is 19.1 Å². The van der Waals surface area contributed by atoms with Crippen LogP contribution in [0, 0.1) is 24.2 Å². The number of allylic oxidation sites excluding steroid dienone is 1.